The minimum atomic E-state index is -0.749. The molecule has 1 aromatic carbocycles. The second-order valence-electron chi connectivity index (χ2n) is 6.12. The van der Waals surface area contributed by atoms with Gasteiger partial charge in [-0.1, -0.05) is 25.5 Å². The second-order valence-corrected chi connectivity index (χ2v) is 6.12. The third-order valence-electron chi connectivity index (χ3n) is 4.25. The van der Waals surface area contributed by atoms with E-state index in [4.69, 9.17) is 10.5 Å². The highest BCUT2D eigenvalue weighted by Gasteiger charge is 2.33. The molecule has 1 aromatic rings. The maximum atomic E-state index is 12.5. The van der Waals surface area contributed by atoms with E-state index in [9.17, 15) is 4.79 Å². The highest BCUT2D eigenvalue weighted by Crippen LogP contribution is 2.28. The smallest absolute Gasteiger partial charge is 0.242 e. The molecule has 0 aliphatic carbocycles. The van der Waals surface area contributed by atoms with Gasteiger partial charge in [0.05, 0.1) is 18.3 Å². The summed E-state index contributed by atoms with van der Waals surface area (Å²) in [6, 6.07) is 7.99. The first-order valence-corrected chi connectivity index (χ1v) is 7.96. The topological polar surface area (TPSA) is 58.8 Å². The van der Waals surface area contributed by atoms with Gasteiger partial charge in [0.1, 0.15) is 5.75 Å². The molecule has 1 atom stereocenters. The Morgan fingerprint density at radius 3 is 2.50 bits per heavy atom. The SMILES string of the molecule is CCCC(C)(N)C(=O)N1CCN(c2ccccc2OC)CC1. The number of para-hydroxylation sites is 2. The predicted octanol–water partition coefficient (Wildman–Crippen LogP) is 1.86. The van der Waals surface area contributed by atoms with Gasteiger partial charge in [-0.3, -0.25) is 4.79 Å². The summed E-state index contributed by atoms with van der Waals surface area (Å²) in [5.74, 6) is 0.936. The van der Waals surface area contributed by atoms with Gasteiger partial charge in [0.2, 0.25) is 5.91 Å². The van der Waals surface area contributed by atoms with Crippen molar-refractivity contribution in [3.05, 3.63) is 24.3 Å². The van der Waals surface area contributed by atoms with Crippen LogP contribution in [0.15, 0.2) is 24.3 Å². The lowest BCUT2D eigenvalue weighted by Crippen LogP contribution is -2.58. The third-order valence-corrected chi connectivity index (χ3v) is 4.25. The van der Waals surface area contributed by atoms with Gasteiger partial charge in [-0.25, -0.2) is 0 Å². The molecule has 0 aromatic heterocycles. The van der Waals surface area contributed by atoms with Gasteiger partial charge in [0.15, 0.2) is 0 Å². The van der Waals surface area contributed by atoms with Crippen molar-refractivity contribution in [3.63, 3.8) is 0 Å². The van der Waals surface area contributed by atoms with E-state index in [1.54, 1.807) is 7.11 Å². The molecule has 0 bridgehead atoms. The zero-order chi connectivity index (χ0) is 16.2. The molecule has 1 unspecified atom stereocenters. The van der Waals surface area contributed by atoms with E-state index in [2.05, 4.69) is 17.9 Å². The Kier molecular flexibility index (Phi) is 5.29. The van der Waals surface area contributed by atoms with E-state index in [-0.39, 0.29) is 5.91 Å². The summed E-state index contributed by atoms with van der Waals surface area (Å²) in [4.78, 5) is 16.7. The third kappa shape index (κ3) is 3.53. The number of methoxy groups -OCH3 is 1. The van der Waals surface area contributed by atoms with Gasteiger partial charge in [-0.15, -0.1) is 0 Å². The Balaban J connectivity index is 2.00. The van der Waals surface area contributed by atoms with Crippen LogP contribution in [0.1, 0.15) is 26.7 Å². The monoisotopic (exact) mass is 305 g/mol. The molecule has 1 aliphatic heterocycles. The molecular weight excluding hydrogens is 278 g/mol. The fourth-order valence-electron chi connectivity index (χ4n) is 3.03. The molecule has 1 saturated heterocycles. The molecule has 1 heterocycles. The van der Waals surface area contributed by atoms with Gasteiger partial charge in [-0.2, -0.15) is 0 Å². The summed E-state index contributed by atoms with van der Waals surface area (Å²) in [7, 11) is 1.68. The molecule has 2 N–H and O–H groups in total. The van der Waals surface area contributed by atoms with Crippen LogP contribution in [0.25, 0.3) is 0 Å². The van der Waals surface area contributed by atoms with Crippen molar-refractivity contribution in [1.82, 2.24) is 4.90 Å². The van der Waals surface area contributed by atoms with E-state index >= 15 is 0 Å². The molecule has 5 heteroatoms. The molecule has 22 heavy (non-hydrogen) atoms. The van der Waals surface area contributed by atoms with E-state index in [1.807, 2.05) is 30.0 Å². The van der Waals surface area contributed by atoms with Crippen molar-refractivity contribution in [2.75, 3.05) is 38.2 Å². The molecule has 1 fully saturated rings. The summed E-state index contributed by atoms with van der Waals surface area (Å²) < 4.78 is 5.42. The number of hydrogen-bond acceptors (Lipinski definition) is 4. The van der Waals surface area contributed by atoms with E-state index in [1.165, 1.54) is 0 Å². The molecule has 0 spiro atoms. The predicted molar refractivity (Wildman–Crippen MR) is 89.3 cm³/mol. The van der Waals surface area contributed by atoms with E-state index < -0.39 is 5.54 Å². The fourth-order valence-corrected chi connectivity index (χ4v) is 3.03. The van der Waals surface area contributed by atoms with Crippen molar-refractivity contribution < 1.29 is 9.53 Å². The number of piperazine rings is 1. The molecule has 122 valence electrons. The number of anilines is 1. The number of carbonyl (C=O) groups is 1. The fraction of sp³-hybridized carbons (Fsp3) is 0.588. The molecule has 1 amide bonds. The Morgan fingerprint density at radius 2 is 1.91 bits per heavy atom. The lowest BCUT2D eigenvalue weighted by molar-refractivity contribution is -0.137. The maximum absolute atomic E-state index is 12.5. The molecule has 2 rings (SSSR count). The Hall–Kier alpha value is -1.75. The quantitative estimate of drug-likeness (QED) is 0.902. The van der Waals surface area contributed by atoms with Gasteiger partial charge in [-0.05, 0) is 25.5 Å². The maximum Gasteiger partial charge on any atom is 0.242 e. The van der Waals surface area contributed by atoms with Crippen molar-refractivity contribution in [3.8, 4) is 5.75 Å². The van der Waals surface area contributed by atoms with Crippen LogP contribution >= 0.6 is 0 Å². The number of rotatable bonds is 5. The number of ether oxygens (including phenoxy) is 1. The molecule has 0 radical (unpaired) electrons. The summed E-state index contributed by atoms with van der Waals surface area (Å²) in [5.41, 5.74) is 6.50. The second kappa shape index (κ2) is 7.01. The number of nitrogens with zero attached hydrogens (tertiary/aromatic N) is 2. The zero-order valence-corrected chi connectivity index (χ0v) is 13.8. The average Bonchev–Trinajstić information content (AvgIpc) is 2.54. The zero-order valence-electron chi connectivity index (χ0n) is 13.8. The average molecular weight is 305 g/mol. The molecular formula is C17H27N3O2. The first-order chi connectivity index (χ1) is 10.5. The van der Waals surface area contributed by atoms with E-state index in [0.717, 1.165) is 37.4 Å². The van der Waals surface area contributed by atoms with E-state index in [0.29, 0.717) is 13.1 Å². The Labute approximate surface area is 133 Å². The van der Waals surface area contributed by atoms with Crippen molar-refractivity contribution in [1.29, 1.82) is 0 Å². The summed E-state index contributed by atoms with van der Waals surface area (Å²) in [6.45, 7) is 6.90. The lowest BCUT2D eigenvalue weighted by atomic mass is 9.95. The van der Waals surface area contributed by atoms with Crippen LogP contribution in [0.2, 0.25) is 0 Å². The Morgan fingerprint density at radius 1 is 1.27 bits per heavy atom. The van der Waals surface area contributed by atoms with Crippen LogP contribution in [-0.2, 0) is 4.79 Å². The lowest BCUT2D eigenvalue weighted by Gasteiger charge is -2.39. The van der Waals surface area contributed by atoms with Crippen LogP contribution < -0.4 is 15.4 Å². The molecule has 0 saturated carbocycles. The summed E-state index contributed by atoms with van der Waals surface area (Å²) >= 11 is 0. The van der Waals surface area contributed by atoms with Crippen LogP contribution in [0.4, 0.5) is 5.69 Å². The standard InChI is InChI=1S/C17H27N3O2/c1-4-9-17(2,18)16(21)20-12-10-19(11-13-20)14-7-5-6-8-15(14)22-3/h5-8H,4,9-13,18H2,1-3H3. The van der Waals surface area contributed by atoms with Gasteiger partial charge in [0, 0.05) is 26.2 Å². The van der Waals surface area contributed by atoms with Crippen LogP contribution in [0.5, 0.6) is 5.75 Å². The minimum absolute atomic E-state index is 0.0639. The number of carbonyl (C=O) groups excluding carboxylic acids is 1. The minimum Gasteiger partial charge on any atom is -0.495 e. The number of nitrogens with two attached hydrogens (primary N) is 1. The summed E-state index contributed by atoms with van der Waals surface area (Å²) in [5, 5.41) is 0. The number of hydrogen-bond donors (Lipinski definition) is 1. The van der Waals surface area contributed by atoms with Crippen molar-refractivity contribution >= 4 is 11.6 Å². The highest BCUT2D eigenvalue weighted by molar-refractivity contribution is 5.86. The van der Waals surface area contributed by atoms with Crippen LogP contribution in [0, 0.1) is 0 Å². The summed E-state index contributed by atoms with van der Waals surface area (Å²) in [6.07, 6.45) is 1.64. The van der Waals surface area contributed by atoms with Crippen LogP contribution in [0.3, 0.4) is 0 Å². The largest absolute Gasteiger partial charge is 0.495 e. The number of benzene rings is 1. The first-order valence-electron chi connectivity index (χ1n) is 7.96. The number of amides is 1. The first kappa shape index (κ1) is 16.6. The van der Waals surface area contributed by atoms with Gasteiger partial charge >= 0.3 is 0 Å². The van der Waals surface area contributed by atoms with Crippen LogP contribution in [-0.4, -0.2) is 49.6 Å². The van der Waals surface area contributed by atoms with Gasteiger partial charge < -0.3 is 20.3 Å². The molecule has 5 nitrogen and oxygen atoms in total. The molecule has 1 aliphatic rings. The Bertz CT molecular complexity index is 508. The highest BCUT2D eigenvalue weighted by atomic mass is 16.5. The van der Waals surface area contributed by atoms with Gasteiger partial charge in [0.25, 0.3) is 0 Å². The normalized spacial score (nSPS) is 18.0. The van der Waals surface area contributed by atoms with Crippen molar-refractivity contribution in [2.24, 2.45) is 5.73 Å². The van der Waals surface area contributed by atoms with Crippen molar-refractivity contribution in [2.45, 2.75) is 32.2 Å².